The van der Waals surface area contributed by atoms with E-state index in [9.17, 15) is 8.78 Å². The molecular formula is C23H30F2O. The molecule has 0 saturated heterocycles. The van der Waals surface area contributed by atoms with Gasteiger partial charge in [0, 0.05) is 5.57 Å². The minimum absolute atomic E-state index is 0.0280. The minimum Gasteiger partial charge on any atom is -0.506 e. The average Bonchev–Trinajstić information content (AvgIpc) is 2.58. The third kappa shape index (κ3) is 11.0. The van der Waals surface area contributed by atoms with Gasteiger partial charge < -0.3 is 5.11 Å². The van der Waals surface area contributed by atoms with Gasteiger partial charge in [-0.3, -0.25) is 0 Å². The van der Waals surface area contributed by atoms with E-state index < -0.39 is 17.4 Å². The Morgan fingerprint density at radius 3 is 1.65 bits per heavy atom. The van der Waals surface area contributed by atoms with Gasteiger partial charge in [-0.05, 0) is 35.3 Å². The van der Waals surface area contributed by atoms with Crippen molar-refractivity contribution < 1.29 is 13.9 Å². The van der Waals surface area contributed by atoms with Crippen LogP contribution < -0.4 is 0 Å². The van der Waals surface area contributed by atoms with Gasteiger partial charge in [-0.25, -0.2) is 8.78 Å². The summed E-state index contributed by atoms with van der Waals surface area (Å²) in [6.45, 7) is 27.5. The van der Waals surface area contributed by atoms with E-state index in [4.69, 9.17) is 5.11 Å². The Hall–Kier alpha value is -2.68. The lowest BCUT2D eigenvalue weighted by Crippen LogP contribution is -1.89. The molecule has 0 amide bonds. The van der Waals surface area contributed by atoms with E-state index in [1.165, 1.54) is 6.42 Å². The molecule has 0 unspecified atom stereocenters. The molecule has 3 heteroatoms. The van der Waals surface area contributed by atoms with Crippen molar-refractivity contribution in [3.05, 3.63) is 109 Å². The van der Waals surface area contributed by atoms with Gasteiger partial charge in [0.2, 0.25) is 0 Å². The maximum absolute atomic E-state index is 14.1. The van der Waals surface area contributed by atoms with Crippen molar-refractivity contribution in [3.8, 4) is 0 Å². The zero-order chi connectivity index (χ0) is 20.9. The van der Waals surface area contributed by atoms with E-state index >= 15 is 0 Å². The highest BCUT2D eigenvalue weighted by Crippen LogP contribution is 2.24. The Kier molecular flexibility index (Phi) is 13.4. The van der Waals surface area contributed by atoms with E-state index in [2.05, 4.69) is 53.3 Å². The summed E-state index contributed by atoms with van der Waals surface area (Å²) >= 11 is 0. The van der Waals surface area contributed by atoms with E-state index in [1.54, 1.807) is 12.2 Å². The summed E-state index contributed by atoms with van der Waals surface area (Å²) in [5.74, 6) is -2.49. The number of hydrogen-bond acceptors (Lipinski definition) is 1. The third-order valence-electron chi connectivity index (χ3n) is 2.94. The summed E-state index contributed by atoms with van der Waals surface area (Å²) in [5.41, 5.74) is 1.61. The highest BCUT2D eigenvalue weighted by Gasteiger charge is 2.08. The first-order valence-corrected chi connectivity index (χ1v) is 8.26. The van der Waals surface area contributed by atoms with E-state index in [1.807, 2.05) is 6.92 Å². The predicted octanol–water partition coefficient (Wildman–Crippen LogP) is 7.93. The molecule has 0 atom stereocenters. The van der Waals surface area contributed by atoms with Crippen LogP contribution in [0, 0.1) is 0 Å². The second-order valence-corrected chi connectivity index (χ2v) is 5.54. The minimum atomic E-state index is -1.01. The maximum atomic E-state index is 14.1. The normalized spacial score (nSPS) is 11.4. The standard InChI is InChI=1S/C20H22F2O.C3H8/c1-8-13(2)9-10-14(3)15(4)11-19(21)17(6)16(5)12-20(22)18(7)23;1-3-2/h9-12,23H,2-8H2,1H3;3H2,1-2H3/b10-9-,19-11+,20-12+;. The summed E-state index contributed by atoms with van der Waals surface area (Å²) in [7, 11) is 0. The molecule has 1 N–H and O–H groups in total. The number of allylic oxidation sites excluding steroid dienone is 11. The molecule has 0 aromatic heterocycles. The van der Waals surface area contributed by atoms with Crippen LogP contribution in [-0.4, -0.2) is 5.11 Å². The van der Waals surface area contributed by atoms with Crippen molar-refractivity contribution in [1.82, 2.24) is 0 Å². The summed E-state index contributed by atoms with van der Waals surface area (Å²) < 4.78 is 27.3. The van der Waals surface area contributed by atoms with Crippen molar-refractivity contribution >= 4 is 0 Å². The maximum Gasteiger partial charge on any atom is 0.164 e. The van der Waals surface area contributed by atoms with E-state index in [0.717, 1.165) is 24.1 Å². The molecule has 0 spiro atoms. The zero-order valence-corrected chi connectivity index (χ0v) is 16.2. The molecule has 0 bridgehead atoms. The fourth-order valence-corrected chi connectivity index (χ4v) is 1.25. The molecule has 0 aliphatic heterocycles. The number of hydrogen-bond donors (Lipinski definition) is 1. The predicted molar refractivity (Wildman–Crippen MR) is 111 cm³/mol. The number of aliphatic hydroxyl groups is 1. The molecule has 0 aliphatic carbocycles. The van der Waals surface area contributed by atoms with Crippen molar-refractivity contribution in [3.63, 3.8) is 0 Å². The molecule has 0 fully saturated rings. The van der Waals surface area contributed by atoms with Crippen molar-refractivity contribution in [2.24, 2.45) is 0 Å². The largest absolute Gasteiger partial charge is 0.506 e. The number of aliphatic hydroxyl groups excluding tert-OH is 1. The van der Waals surface area contributed by atoms with Gasteiger partial charge in [-0.15, -0.1) is 0 Å². The van der Waals surface area contributed by atoms with Gasteiger partial charge >= 0.3 is 0 Å². The molecule has 142 valence electrons. The summed E-state index contributed by atoms with van der Waals surface area (Å²) in [4.78, 5) is 0. The monoisotopic (exact) mass is 360 g/mol. The Morgan fingerprint density at radius 1 is 0.769 bits per heavy atom. The lowest BCUT2D eigenvalue weighted by molar-refractivity contribution is 0.392. The van der Waals surface area contributed by atoms with Gasteiger partial charge in [0.1, 0.15) is 11.6 Å². The van der Waals surface area contributed by atoms with Crippen LogP contribution in [0.25, 0.3) is 0 Å². The molecule has 0 rings (SSSR count). The highest BCUT2D eigenvalue weighted by molar-refractivity contribution is 5.52. The van der Waals surface area contributed by atoms with Crippen LogP contribution in [0.3, 0.4) is 0 Å². The van der Waals surface area contributed by atoms with Crippen LogP contribution in [0.15, 0.2) is 109 Å². The van der Waals surface area contributed by atoms with E-state index in [-0.39, 0.29) is 11.1 Å². The Labute approximate surface area is 157 Å². The fourth-order valence-electron chi connectivity index (χ4n) is 1.25. The zero-order valence-electron chi connectivity index (χ0n) is 16.2. The molecule has 0 aromatic carbocycles. The third-order valence-corrected chi connectivity index (χ3v) is 2.94. The smallest absolute Gasteiger partial charge is 0.164 e. The van der Waals surface area contributed by atoms with Crippen LogP contribution in [0.1, 0.15) is 33.6 Å². The first-order valence-electron chi connectivity index (χ1n) is 8.26. The molecule has 0 heterocycles. The number of halogens is 2. The second-order valence-electron chi connectivity index (χ2n) is 5.54. The number of rotatable bonds is 9. The SMILES string of the molecule is C=C(/C=C\C(=C)C(=C)/C=C(/F)C(=C)C(=C)/C=C(/F)C(=C)O)CC.CCC. The lowest BCUT2D eigenvalue weighted by Gasteiger charge is -2.05. The van der Waals surface area contributed by atoms with Gasteiger partial charge in [-0.1, -0.05) is 84.4 Å². The topological polar surface area (TPSA) is 20.2 Å². The van der Waals surface area contributed by atoms with Gasteiger partial charge in [0.15, 0.2) is 5.83 Å². The van der Waals surface area contributed by atoms with Gasteiger partial charge in [0.25, 0.3) is 0 Å². The fraction of sp³-hybridized carbons (Fsp3) is 0.217. The first kappa shape index (κ1) is 25.6. The van der Waals surface area contributed by atoms with Crippen molar-refractivity contribution in [2.45, 2.75) is 33.6 Å². The summed E-state index contributed by atoms with van der Waals surface area (Å²) in [6, 6.07) is 0. The van der Waals surface area contributed by atoms with Crippen molar-refractivity contribution in [2.75, 3.05) is 0 Å². The van der Waals surface area contributed by atoms with Crippen molar-refractivity contribution in [1.29, 1.82) is 0 Å². The quantitative estimate of drug-likeness (QED) is 0.327. The summed E-state index contributed by atoms with van der Waals surface area (Å²) in [5, 5.41) is 8.88. The van der Waals surface area contributed by atoms with Crippen LogP contribution >= 0.6 is 0 Å². The molecule has 0 aromatic rings. The van der Waals surface area contributed by atoms with Crippen LogP contribution in [0.4, 0.5) is 8.78 Å². The molecule has 0 radical (unpaired) electrons. The second kappa shape index (κ2) is 13.6. The van der Waals surface area contributed by atoms with Gasteiger partial charge in [-0.2, -0.15) is 0 Å². The Morgan fingerprint density at radius 2 is 1.23 bits per heavy atom. The van der Waals surface area contributed by atoms with Crippen LogP contribution in [0.2, 0.25) is 0 Å². The Balaban J connectivity index is 0. The molecule has 0 aliphatic rings. The molecular weight excluding hydrogens is 330 g/mol. The Bertz CT molecular complexity index is 670. The highest BCUT2D eigenvalue weighted by atomic mass is 19.1. The first-order chi connectivity index (χ1) is 12.0. The summed E-state index contributed by atoms with van der Waals surface area (Å²) in [6.07, 6.45) is 7.49. The lowest BCUT2D eigenvalue weighted by atomic mass is 10.0. The van der Waals surface area contributed by atoms with E-state index in [0.29, 0.717) is 11.1 Å². The molecule has 1 nitrogen and oxygen atoms in total. The average molecular weight is 360 g/mol. The van der Waals surface area contributed by atoms with Crippen LogP contribution in [-0.2, 0) is 0 Å². The van der Waals surface area contributed by atoms with Gasteiger partial charge in [0.05, 0.1) is 0 Å². The molecule has 0 saturated carbocycles. The molecule has 26 heavy (non-hydrogen) atoms. The van der Waals surface area contributed by atoms with Crippen LogP contribution in [0.5, 0.6) is 0 Å².